The average Bonchev–Trinajstić information content (AvgIpc) is 4.06. The van der Waals surface area contributed by atoms with Crippen LogP contribution in [0.5, 0.6) is 11.5 Å². The number of amides is 2. The number of nitrogens with one attached hydrogen (secondary N) is 2. The Balaban J connectivity index is 0.000000214. The van der Waals surface area contributed by atoms with E-state index in [0.717, 1.165) is 5.69 Å². The number of nitriles is 4. The van der Waals surface area contributed by atoms with Gasteiger partial charge in [0.05, 0.1) is 59.9 Å². The highest BCUT2D eigenvalue weighted by molar-refractivity contribution is 5.92. The number of carbonyl (C=O) groups excluding carboxylic acids is 2. The molecule has 6 rings (SSSR count). The van der Waals surface area contributed by atoms with Crippen molar-refractivity contribution < 1.29 is 28.5 Å². The first-order valence-electron chi connectivity index (χ1n) is 17.6. The lowest BCUT2D eigenvalue weighted by molar-refractivity contribution is -0.120. The van der Waals surface area contributed by atoms with E-state index in [2.05, 4.69) is 45.1 Å². The van der Waals surface area contributed by atoms with Gasteiger partial charge in [0, 0.05) is 52.5 Å². The van der Waals surface area contributed by atoms with Crippen LogP contribution in [-0.2, 0) is 19.1 Å². The van der Waals surface area contributed by atoms with Crippen LogP contribution in [0.15, 0.2) is 61.4 Å². The van der Waals surface area contributed by atoms with E-state index < -0.39 is 0 Å². The van der Waals surface area contributed by atoms with Crippen molar-refractivity contribution in [1.82, 2.24) is 28.9 Å². The number of nitrogens with zero attached hydrogens (tertiary/aromatic N) is 10. The van der Waals surface area contributed by atoms with Gasteiger partial charge in [0.2, 0.25) is 11.8 Å². The highest BCUT2D eigenvalue weighted by Gasteiger charge is 2.29. The number of imidazole rings is 2. The van der Waals surface area contributed by atoms with Gasteiger partial charge in [-0.25, -0.2) is 9.97 Å². The van der Waals surface area contributed by atoms with Crippen molar-refractivity contribution in [1.29, 1.82) is 21.0 Å². The van der Waals surface area contributed by atoms with Gasteiger partial charge in [-0.15, -0.1) is 0 Å². The zero-order valence-electron chi connectivity index (χ0n) is 30.9. The van der Waals surface area contributed by atoms with E-state index in [9.17, 15) is 20.1 Å². The molecule has 4 heterocycles. The molecule has 2 saturated heterocycles. The quantitative estimate of drug-likeness (QED) is 0.139. The number of ether oxygens (including phenoxy) is 4. The molecule has 2 aromatic carbocycles. The molecule has 0 aliphatic carbocycles. The van der Waals surface area contributed by atoms with Crippen LogP contribution in [0, 0.1) is 57.4 Å². The first-order valence-corrected chi connectivity index (χ1v) is 17.6. The third-order valence-corrected chi connectivity index (χ3v) is 8.92. The number of anilines is 2. The lowest BCUT2D eigenvalue weighted by Gasteiger charge is -2.10. The van der Waals surface area contributed by atoms with Gasteiger partial charge in [-0.1, -0.05) is 0 Å². The molecule has 56 heavy (non-hydrogen) atoms. The number of likely N-dealkylation sites (tertiary alicyclic amines) is 2. The van der Waals surface area contributed by atoms with Crippen molar-refractivity contribution in [2.75, 3.05) is 77.5 Å². The molecule has 2 fully saturated rings. The zero-order valence-corrected chi connectivity index (χ0v) is 30.9. The van der Waals surface area contributed by atoms with Crippen LogP contribution in [0.2, 0.25) is 0 Å². The summed E-state index contributed by atoms with van der Waals surface area (Å²) in [6.07, 6.45) is 11.8. The molecule has 2 aliphatic rings. The number of rotatable bonds is 14. The predicted molar refractivity (Wildman–Crippen MR) is 199 cm³/mol. The molecule has 2 amide bonds. The van der Waals surface area contributed by atoms with E-state index in [4.69, 9.17) is 29.5 Å². The van der Waals surface area contributed by atoms with Gasteiger partial charge in [-0.3, -0.25) is 9.59 Å². The fraction of sp³-hybridized carbons (Fsp3) is 0.368. The van der Waals surface area contributed by atoms with Crippen LogP contribution in [-0.4, -0.2) is 108 Å². The Morgan fingerprint density at radius 1 is 0.732 bits per heavy atom. The molecule has 18 heteroatoms. The van der Waals surface area contributed by atoms with Crippen molar-refractivity contribution >= 4 is 23.5 Å². The minimum atomic E-state index is -0.239. The molecule has 4 aromatic rings. The second-order valence-corrected chi connectivity index (χ2v) is 12.6. The second kappa shape index (κ2) is 19.8. The largest absolute Gasteiger partial charge is 0.491 e. The van der Waals surface area contributed by atoms with Crippen molar-refractivity contribution in [2.45, 2.75) is 12.8 Å². The fourth-order valence-corrected chi connectivity index (χ4v) is 5.91. The van der Waals surface area contributed by atoms with Gasteiger partial charge in [-0.2, -0.15) is 21.0 Å². The lowest BCUT2D eigenvalue weighted by atomic mass is 10.1. The maximum Gasteiger partial charge on any atom is 0.230 e. The number of aromatic nitrogens is 4. The summed E-state index contributed by atoms with van der Waals surface area (Å²) in [4.78, 5) is 36.3. The van der Waals surface area contributed by atoms with Crippen molar-refractivity contribution in [3.05, 3.63) is 72.6 Å². The predicted octanol–water partition coefficient (Wildman–Crippen LogP) is 3.02. The maximum absolute atomic E-state index is 12.4. The average molecular weight is 761 g/mol. The Kier molecular flexibility index (Phi) is 14.2. The van der Waals surface area contributed by atoms with E-state index >= 15 is 0 Å². The summed E-state index contributed by atoms with van der Waals surface area (Å²) in [5.74, 6) is 1.09. The molecule has 2 aromatic heterocycles. The van der Waals surface area contributed by atoms with E-state index in [-0.39, 0.29) is 23.7 Å². The summed E-state index contributed by atoms with van der Waals surface area (Å²) in [6.45, 7) is 3.64. The summed E-state index contributed by atoms with van der Waals surface area (Å²) in [5, 5.41) is 42.0. The molecule has 0 spiro atoms. The topological polar surface area (TPSA) is 232 Å². The Bertz CT molecular complexity index is 2160. The Morgan fingerprint density at radius 2 is 1.29 bits per heavy atom. The van der Waals surface area contributed by atoms with Gasteiger partial charge in [-0.05, 0) is 37.1 Å². The molecular formula is C38H40N12O6. The van der Waals surface area contributed by atoms with Gasteiger partial charge >= 0.3 is 0 Å². The molecule has 0 bridgehead atoms. The maximum atomic E-state index is 12.4. The smallest absolute Gasteiger partial charge is 0.230 e. The van der Waals surface area contributed by atoms with E-state index in [1.165, 1.54) is 6.33 Å². The van der Waals surface area contributed by atoms with E-state index in [1.807, 2.05) is 0 Å². The van der Waals surface area contributed by atoms with Crippen molar-refractivity contribution in [3.63, 3.8) is 0 Å². The van der Waals surface area contributed by atoms with Crippen LogP contribution in [0.3, 0.4) is 0 Å². The van der Waals surface area contributed by atoms with E-state index in [0.29, 0.717) is 105 Å². The monoisotopic (exact) mass is 760 g/mol. The highest BCUT2D eigenvalue weighted by atomic mass is 16.5. The van der Waals surface area contributed by atoms with E-state index in [1.54, 1.807) is 88.3 Å². The SMILES string of the molecule is COCCOc1cc(-n2cnc(NC(=O)[C@H]3CCN(C#N)C3)c2)ccc1C#N.COCCOc1ccc(C#N)c(-n2cnc(NC(=O)[C@H]3CCN(C#N)C3)c2)c1. The van der Waals surface area contributed by atoms with Crippen LogP contribution >= 0.6 is 0 Å². The van der Waals surface area contributed by atoms with Gasteiger partial charge < -0.3 is 48.5 Å². The normalized spacial score (nSPS) is 15.7. The summed E-state index contributed by atoms with van der Waals surface area (Å²) >= 11 is 0. The van der Waals surface area contributed by atoms with Crippen molar-refractivity contribution in [3.8, 4) is 47.4 Å². The molecule has 0 unspecified atom stereocenters. The summed E-state index contributed by atoms with van der Waals surface area (Å²) in [5.41, 5.74) is 2.23. The van der Waals surface area contributed by atoms with Crippen LogP contribution in [0.1, 0.15) is 24.0 Å². The molecule has 2 atom stereocenters. The number of methoxy groups -OCH3 is 2. The van der Waals surface area contributed by atoms with Gasteiger partial charge in [0.25, 0.3) is 0 Å². The molecule has 2 N–H and O–H groups in total. The molecule has 2 aliphatic heterocycles. The molecule has 0 radical (unpaired) electrons. The van der Waals surface area contributed by atoms with Gasteiger partial charge in [0.15, 0.2) is 24.0 Å². The number of benzene rings is 2. The Labute approximate surface area is 323 Å². The van der Waals surface area contributed by atoms with Crippen LogP contribution in [0.25, 0.3) is 11.4 Å². The van der Waals surface area contributed by atoms with Crippen LogP contribution < -0.4 is 20.1 Å². The first kappa shape index (κ1) is 40.1. The van der Waals surface area contributed by atoms with Gasteiger partial charge in [0.1, 0.15) is 49.5 Å². The fourth-order valence-electron chi connectivity index (χ4n) is 5.91. The van der Waals surface area contributed by atoms with Crippen molar-refractivity contribution in [2.24, 2.45) is 11.8 Å². The molecule has 18 nitrogen and oxygen atoms in total. The highest BCUT2D eigenvalue weighted by Crippen LogP contribution is 2.25. The Morgan fingerprint density at radius 3 is 1.84 bits per heavy atom. The standard InChI is InChI=1S/2C19H20N6O3/c1-27-6-7-28-16-3-2-14(9-20)17(8-16)25-11-18(22-13-25)23-19(26)15-4-5-24(10-15)12-21;1-27-6-7-28-17-8-16(3-2-14(17)9-20)25-11-18(22-13-25)23-19(26)15-4-5-24(10-15)12-21/h2*2-3,8,11,13,15H,4-7,10H2,1H3,(H,23,26)/t2*15-/m00/s1. The summed E-state index contributed by atoms with van der Waals surface area (Å²) < 4.78 is 24.5. The minimum Gasteiger partial charge on any atom is -0.491 e. The number of hydrogen-bond donors (Lipinski definition) is 2. The third kappa shape index (κ3) is 10.5. The minimum absolute atomic E-state index is 0.147. The number of hydrogen-bond acceptors (Lipinski definition) is 14. The lowest BCUT2D eigenvalue weighted by Crippen LogP contribution is -2.25. The molecule has 288 valence electrons. The molecule has 0 saturated carbocycles. The Hall–Kier alpha value is -7.12. The first-order chi connectivity index (χ1) is 27.3. The number of carbonyl (C=O) groups is 2. The molecular weight excluding hydrogens is 720 g/mol. The second-order valence-electron chi connectivity index (χ2n) is 12.6. The summed E-state index contributed by atoms with van der Waals surface area (Å²) in [7, 11) is 3.17. The zero-order chi connectivity index (χ0) is 39.9. The van der Waals surface area contributed by atoms with Crippen LogP contribution in [0.4, 0.5) is 11.6 Å². The summed E-state index contributed by atoms with van der Waals surface area (Å²) in [6, 6.07) is 14.6. The third-order valence-electron chi connectivity index (χ3n) is 8.92.